The number of carbonyl (C=O) groups is 1. The van der Waals surface area contributed by atoms with Crippen LogP contribution in [0.2, 0.25) is 0 Å². The van der Waals surface area contributed by atoms with Gasteiger partial charge in [-0.3, -0.25) is 9.69 Å². The third-order valence-electron chi connectivity index (χ3n) is 6.31. The minimum atomic E-state index is -0.722. The van der Waals surface area contributed by atoms with Crippen LogP contribution in [0.5, 0.6) is 0 Å². The molecular weight excluding hydrogens is 561 g/mol. The van der Waals surface area contributed by atoms with Gasteiger partial charge >= 0.3 is 0 Å². The molecule has 1 aliphatic rings. The Morgan fingerprint density at radius 3 is 2.42 bits per heavy atom. The summed E-state index contributed by atoms with van der Waals surface area (Å²) in [4.78, 5) is 13.2. The van der Waals surface area contributed by atoms with Crippen molar-refractivity contribution in [1.82, 2.24) is 14.7 Å². The second-order valence-electron chi connectivity index (χ2n) is 8.97. The Hall–Kier alpha value is -3.47. The van der Waals surface area contributed by atoms with E-state index in [0.717, 1.165) is 33.4 Å². The standard InChI is InChI=1S/C28H24BrF3N4O2/c1-17(37)33-21-14-25(31)23(26(32)15-21)10-11-35-12-13-38-28(35)24-16-36(22-8-4-19(29)5-9-22)34-27(24)18-2-6-20(30)7-3-18/h2-9,14-16,28H,10-13H2,1H3,(H,33,37). The lowest BCUT2D eigenvalue weighted by Gasteiger charge is -2.23. The predicted molar refractivity (Wildman–Crippen MR) is 141 cm³/mol. The van der Waals surface area contributed by atoms with Crippen molar-refractivity contribution in [3.8, 4) is 16.9 Å². The van der Waals surface area contributed by atoms with Crippen molar-refractivity contribution < 1.29 is 22.7 Å². The van der Waals surface area contributed by atoms with E-state index in [4.69, 9.17) is 9.84 Å². The van der Waals surface area contributed by atoms with Gasteiger partial charge in [-0.25, -0.2) is 17.9 Å². The van der Waals surface area contributed by atoms with Gasteiger partial charge in [-0.1, -0.05) is 15.9 Å². The van der Waals surface area contributed by atoms with Crippen molar-refractivity contribution in [1.29, 1.82) is 0 Å². The zero-order valence-corrected chi connectivity index (χ0v) is 22.0. The molecule has 4 aromatic rings. The fourth-order valence-corrected chi connectivity index (χ4v) is 4.78. The van der Waals surface area contributed by atoms with Crippen LogP contribution in [-0.4, -0.2) is 40.3 Å². The lowest BCUT2D eigenvalue weighted by Crippen LogP contribution is -2.27. The number of hydrogen-bond acceptors (Lipinski definition) is 4. The second kappa shape index (κ2) is 11.1. The third-order valence-corrected chi connectivity index (χ3v) is 6.84. The van der Waals surface area contributed by atoms with E-state index in [1.165, 1.54) is 19.1 Å². The molecule has 0 saturated carbocycles. The highest BCUT2D eigenvalue weighted by Crippen LogP contribution is 2.35. The van der Waals surface area contributed by atoms with E-state index in [9.17, 15) is 18.0 Å². The molecule has 0 aliphatic carbocycles. The van der Waals surface area contributed by atoms with Gasteiger partial charge in [0.25, 0.3) is 0 Å². The molecule has 38 heavy (non-hydrogen) atoms. The van der Waals surface area contributed by atoms with Gasteiger partial charge in [0.05, 0.1) is 18.0 Å². The van der Waals surface area contributed by atoms with E-state index >= 15 is 0 Å². The molecule has 1 aliphatic heterocycles. The number of nitrogens with zero attached hydrogens (tertiary/aromatic N) is 3. The Balaban J connectivity index is 1.44. The molecule has 1 N–H and O–H groups in total. The summed E-state index contributed by atoms with van der Waals surface area (Å²) in [6.07, 6.45) is 1.46. The van der Waals surface area contributed by atoms with E-state index < -0.39 is 23.8 Å². The van der Waals surface area contributed by atoms with Crippen molar-refractivity contribution in [2.75, 3.05) is 25.0 Å². The van der Waals surface area contributed by atoms with Gasteiger partial charge in [0.15, 0.2) is 0 Å². The van der Waals surface area contributed by atoms with Crippen LogP contribution in [0.3, 0.4) is 0 Å². The van der Waals surface area contributed by atoms with E-state index in [1.807, 2.05) is 35.4 Å². The number of aromatic nitrogens is 2. The topological polar surface area (TPSA) is 59.4 Å². The van der Waals surface area contributed by atoms with Gasteiger partial charge in [0, 0.05) is 53.1 Å². The Labute approximate surface area is 226 Å². The fourth-order valence-electron chi connectivity index (χ4n) is 4.52. The summed E-state index contributed by atoms with van der Waals surface area (Å²) in [6.45, 7) is 2.59. The number of carbonyl (C=O) groups excluding carboxylic acids is 1. The number of benzene rings is 3. The molecule has 0 bridgehead atoms. The molecule has 10 heteroatoms. The van der Waals surface area contributed by atoms with Crippen molar-refractivity contribution in [3.63, 3.8) is 0 Å². The maximum Gasteiger partial charge on any atom is 0.221 e. The third kappa shape index (κ3) is 5.67. The van der Waals surface area contributed by atoms with Crippen LogP contribution in [0.1, 0.15) is 24.3 Å². The molecule has 1 fully saturated rings. The first kappa shape index (κ1) is 26.1. The van der Waals surface area contributed by atoms with Crippen LogP contribution in [0.4, 0.5) is 18.9 Å². The van der Waals surface area contributed by atoms with Gasteiger partial charge in [0.2, 0.25) is 5.91 Å². The molecule has 2 heterocycles. The molecule has 6 nitrogen and oxygen atoms in total. The number of amides is 1. The largest absolute Gasteiger partial charge is 0.357 e. The highest BCUT2D eigenvalue weighted by atomic mass is 79.9. The Morgan fingerprint density at radius 1 is 1.08 bits per heavy atom. The molecular formula is C28H24BrF3N4O2. The smallest absolute Gasteiger partial charge is 0.221 e. The maximum absolute atomic E-state index is 14.7. The van der Waals surface area contributed by atoms with Gasteiger partial charge in [-0.2, -0.15) is 5.10 Å². The summed E-state index contributed by atoms with van der Waals surface area (Å²) in [7, 11) is 0. The van der Waals surface area contributed by atoms with Gasteiger partial charge < -0.3 is 10.1 Å². The minimum absolute atomic E-state index is 0.0610. The van der Waals surface area contributed by atoms with Gasteiger partial charge in [-0.15, -0.1) is 0 Å². The molecule has 1 saturated heterocycles. The SMILES string of the molecule is CC(=O)Nc1cc(F)c(CCN2CCOC2c2cn(-c3ccc(Br)cc3)nc2-c2ccc(F)cc2)c(F)c1. The number of anilines is 1. The molecule has 5 rings (SSSR count). The molecule has 0 spiro atoms. The zero-order chi connectivity index (χ0) is 26.8. The van der Waals surface area contributed by atoms with Crippen molar-refractivity contribution in [2.45, 2.75) is 19.6 Å². The fraction of sp³-hybridized carbons (Fsp3) is 0.214. The van der Waals surface area contributed by atoms with Crippen LogP contribution < -0.4 is 5.32 Å². The Bertz CT molecular complexity index is 1440. The second-order valence-corrected chi connectivity index (χ2v) is 9.89. The number of halogens is 4. The van der Waals surface area contributed by atoms with Crippen molar-refractivity contribution >= 4 is 27.5 Å². The molecule has 1 unspecified atom stereocenters. The quantitative estimate of drug-likeness (QED) is 0.279. The number of hydrogen-bond donors (Lipinski definition) is 1. The first-order valence-electron chi connectivity index (χ1n) is 12.0. The highest BCUT2D eigenvalue weighted by molar-refractivity contribution is 9.10. The van der Waals surface area contributed by atoms with E-state index in [-0.39, 0.29) is 23.5 Å². The molecule has 1 amide bonds. The molecule has 0 radical (unpaired) electrons. The van der Waals surface area contributed by atoms with E-state index in [1.54, 1.807) is 16.8 Å². The number of ether oxygens (including phenoxy) is 1. The van der Waals surface area contributed by atoms with Crippen LogP contribution in [0.25, 0.3) is 16.9 Å². The summed E-state index contributed by atoms with van der Waals surface area (Å²) in [5.74, 6) is -2.20. The monoisotopic (exact) mass is 584 g/mol. The lowest BCUT2D eigenvalue weighted by molar-refractivity contribution is -0.114. The average Bonchev–Trinajstić information content (AvgIpc) is 3.51. The summed E-state index contributed by atoms with van der Waals surface area (Å²) in [5.41, 5.74) is 2.95. The number of nitrogens with one attached hydrogen (secondary N) is 1. The van der Waals surface area contributed by atoms with Crippen LogP contribution in [0, 0.1) is 17.5 Å². The summed E-state index contributed by atoms with van der Waals surface area (Å²) < 4.78 is 51.8. The molecule has 196 valence electrons. The minimum Gasteiger partial charge on any atom is -0.357 e. The Morgan fingerprint density at radius 2 is 1.76 bits per heavy atom. The first-order valence-corrected chi connectivity index (χ1v) is 12.8. The normalized spacial score (nSPS) is 15.7. The van der Waals surface area contributed by atoms with Crippen LogP contribution in [0.15, 0.2) is 71.3 Å². The van der Waals surface area contributed by atoms with E-state index in [0.29, 0.717) is 25.4 Å². The predicted octanol–water partition coefficient (Wildman–Crippen LogP) is 6.25. The summed E-state index contributed by atoms with van der Waals surface area (Å²) in [5, 5.41) is 7.19. The van der Waals surface area contributed by atoms with Gasteiger partial charge in [0.1, 0.15) is 23.7 Å². The molecule has 1 atom stereocenters. The molecule has 3 aromatic carbocycles. The van der Waals surface area contributed by atoms with E-state index in [2.05, 4.69) is 21.2 Å². The van der Waals surface area contributed by atoms with Crippen molar-refractivity contribution in [3.05, 3.63) is 99.9 Å². The first-order chi connectivity index (χ1) is 18.3. The maximum atomic E-state index is 14.7. The summed E-state index contributed by atoms with van der Waals surface area (Å²) in [6, 6.07) is 16.0. The Kier molecular flexibility index (Phi) is 7.64. The molecule has 1 aromatic heterocycles. The van der Waals surface area contributed by atoms with Crippen molar-refractivity contribution in [2.24, 2.45) is 0 Å². The van der Waals surface area contributed by atoms with Crippen LogP contribution >= 0.6 is 15.9 Å². The lowest BCUT2D eigenvalue weighted by atomic mass is 10.1. The van der Waals surface area contributed by atoms with Crippen LogP contribution in [-0.2, 0) is 16.0 Å². The average molecular weight is 585 g/mol. The zero-order valence-electron chi connectivity index (χ0n) is 20.4. The number of rotatable bonds is 7. The summed E-state index contributed by atoms with van der Waals surface area (Å²) >= 11 is 3.44. The van der Waals surface area contributed by atoms with Gasteiger partial charge in [-0.05, 0) is 67.1 Å². The highest BCUT2D eigenvalue weighted by Gasteiger charge is 2.31.